The van der Waals surface area contributed by atoms with Crippen LogP contribution in [0.15, 0.2) is 46.6 Å². The topological polar surface area (TPSA) is 34.1 Å². The minimum atomic E-state index is 0.154. The fourth-order valence-electron chi connectivity index (χ4n) is 3.56. The number of carbonyl (C=O) groups excluding carboxylic acids is 2. The van der Waals surface area contributed by atoms with Crippen LogP contribution in [0.1, 0.15) is 120 Å². The van der Waals surface area contributed by atoms with Crippen LogP contribution in [-0.2, 0) is 9.59 Å². The van der Waals surface area contributed by atoms with Gasteiger partial charge < -0.3 is 0 Å². The molecule has 0 aromatic heterocycles. The van der Waals surface area contributed by atoms with Gasteiger partial charge in [-0.1, -0.05) is 60.4 Å². The van der Waals surface area contributed by atoms with E-state index in [2.05, 4.69) is 79.7 Å². The molecule has 2 atom stereocenters. The van der Waals surface area contributed by atoms with Crippen molar-refractivity contribution in [1.82, 2.24) is 0 Å². The van der Waals surface area contributed by atoms with E-state index in [-0.39, 0.29) is 11.8 Å². The molecule has 2 nitrogen and oxygen atoms in total. The molecule has 0 fully saturated rings. The van der Waals surface area contributed by atoms with Crippen molar-refractivity contribution >= 4 is 11.6 Å². The summed E-state index contributed by atoms with van der Waals surface area (Å²) in [5.74, 6) is 1.08. The molecule has 0 bridgehead atoms. The van der Waals surface area contributed by atoms with Crippen molar-refractivity contribution in [2.45, 2.75) is 120 Å². The lowest BCUT2D eigenvalue weighted by atomic mass is 9.95. The van der Waals surface area contributed by atoms with Crippen molar-refractivity contribution in [2.24, 2.45) is 11.8 Å². The highest BCUT2D eigenvalue weighted by atomic mass is 16.1. The summed E-state index contributed by atoms with van der Waals surface area (Å²) in [6, 6.07) is 0. The van der Waals surface area contributed by atoms with Crippen LogP contribution < -0.4 is 0 Å². The van der Waals surface area contributed by atoms with Crippen LogP contribution >= 0.6 is 0 Å². The van der Waals surface area contributed by atoms with Crippen molar-refractivity contribution in [3.05, 3.63) is 46.6 Å². The Balaban J connectivity index is 4.15. The molecule has 2 unspecified atom stereocenters. The number of carbonyl (C=O) groups is 2. The fourth-order valence-corrected chi connectivity index (χ4v) is 3.56. The second kappa shape index (κ2) is 17.8. The molecule has 0 rings (SSSR count). The van der Waals surface area contributed by atoms with E-state index in [4.69, 9.17) is 0 Å². The van der Waals surface area contributed by atoms with Gasteiger partial charge >= 0.3 is 0 Å². The van der Waals surface area contributed by atoms with E-state index in [9.17, 15) is 9.59 Å². The van der Waals surface area contributed by atoms with Gasteiger partial charge in [0.15, 0.2) is 0 Å². The Bertz CT molecular complexity index is 620. The molecule has 0 saturated carbocycles. The highest BCUT2D eigenvalue weighted by molar-refractivity contribution is 5.81. The number of allylic oxidation sites excluding steroid dienone is 8. The predicted octanol–water partition coefficient (Wildman–Crippen LogP) is 9.12. The second-order valence-electron chi connectivity index (χ2n) is 10.1. The summed E-state index contributed by atoms with van der Waals surface area (Å²) in [5.41, 5.74) is 5.26. The molecular weight excluding hydrogens is 392 g/mol. The Morgan fingerprint density at radius 2 is 0.875 bits per heavy atom. The van der Waals surface area contributed by atoms with Crippen molar-refractivity contribution in [3.8, 4) is 0 Å². The molecule has 0 spiro atoms. The standard InChI is InChI=1S/C30H50O2/c1-23(2)13-11-17-27(7)29(31)21-19-25(5)15-9-10-16-26(6)20-22-30(32)28(8)18-12-14-24(3)4/h13-16,27-28H,9-12,17-22H2,1-8H3/b25-15+,26-16+. The van der Waals surface area contributed by atoms with Gasteiger partial charge in [0.1, 0.15) is 11.6 Å². The molecule has 182 valence electrons. The van der Waals surface area contributed by atoms with E-state index in [1.54, 1.807) is 0 Å². The van der Waals surface area contributed by atoms with Gasteiger partial charge in [-0.2, -0.15) is 0 Å². The highest BCUT2D eigenvalue weighted by Gasteiger charge is 2.12. The lowest BCUT2D eigenvalue weighted by Gasteiger charge is -2.10. The maximum absolute atomic E-state index is 12.3. The summed E-state index contributed by atoms with van der Waals surface area (Å²) in [7, 11) is 0. The molecule has 0 aliphatic rings. The third-order valence-corrected chi connectivity index (χ3v) is 6.09. The van der Waals surface area contributed by atoms with Crippen molar-refractivity contribution in [2.75, 3.05) is 0 Å². The molecule has 0 aliphatic heterocycles. The van der Waals surface area contributed by atoms with Crippen LogP contribution in [0.3, 0.4) is 0 Å². The van der Waals surface area contributed by atoms with E-state index in [0.717, 1.165) is 51.4 Å². The summed E-state index contributed by atoms with van der Waals surface area (Å²) in [6.45, 7) is 16.8. The lowest BCUT2D eigenvalue weighted by molar-refractivity contribution is -0.123. The first kappa shape index (κ1) is 30.3. The van der Waals surface area contributed by atoms with Crippen LogP contribution in [0.2, 0.25) is 0 Å². The number of hydrogen-bond donors (Lipinski definition) is 0. The zero-order chi connectivity index (χ0) is 24.5. The minimum Gasteiger partial charge on any atom is -0.299 e. The monoisotopic (exact) mass is 442 g/mol. The highest BCUT2D eigenvalue weighted by Crippen LogP contribution is 2.17. The molecule has 0 amide bonds. The van der Waals surface area contributed by atoms with Crippen LogP contribution in [-0.4, -0.2) is 11.6 Å². The van der Waals surface area contributed by atoms with E-state index in [1.165, 1.54) is 22.3 Å². The molecule has 2 heteroatoms. The van der Waals surface area contributed by atoms with Gasteiger partial charge in [-0.15, -0.1) is 0 Å². The Kier molecular flexibility index (Phi) is 16.9. The number of unbranched alkanes of at least 4 members (excludes halogenated alkanes) is 1. The molecule has 0 radical (unpaired) electrons. The summed E-state index contributed by atoms with van der Waals surface area (Å²) in [4.78, 5) is 24.6. The average molecular weight is 443 g/mol. The van der Waals surface area contributed by atoms with Gasteiger partial charge in [0.2, 0.25) is 0 Å². The van der Waals surface area contributed by atoms with E-state index >= 15 is 0 Å². The zero-order valence-corrected chi connectivity index (χ0v) is 22.4. The van der Waals surface area contributed by atoms with Gasteiger partial charge in [-0.3, -0.25) is 9.59 Å². The number of hydrogen-bond acceptors (Lipinski definition) is 2. The second-order valence-corrected chi connectivity index (χ2v) is 10.1. The summed E-state index contributed by atoms with van der Waals surface area (Å²) in [5, 5.41) is 0. The molecule has 0 aromatic rings. The molecule has 0 aliphatic carbocycles. The maximum atomic E-state index is 12.3. The third kappa shape index (κ3) is 16.9. The zero-order valence-electron chi connectivity index (χ0n) is 22.4. The lowest BCUT2D eigenvalue weighted by Crippen LogP contribution is -2.10. The van der Waals surface area contributed by atoms with Gasteiger partial charge in [-0.05, 0) is 92.9 Å². The Hall–Kier alpha value is -1.70. The maximum Gasteiger partial charge on any atom is 0.136 e. The van der Waals surface area contributed by atoms with E-state index in [0.29, 0.717) is 24.4 Å². The van der Waals surface area contributed by atoms with Crippen LogP contribution in [0.25, 0.3) is 0 Å². The van der Waals surface area contributed by atoms with Crippen LogP contribution in [0, 0.1) is 11.8 Å². The number of Topliss-reactive ketones (excluding diaryl/α,β-unsaturated/α-hetero) is 2. The Labute approximate surface area is 199 Å². The normalized spacial score (nSPS) is 14.0. The first-order valence-corrected chi connectivity index (χ1v) is 12.7. The van der Waals surface area contributed by atoms with Gasteiger partial charge in [-0.25, -0.2) is 0 Å². The molecule has 0 saturated heterocycles. The van der Waals surface area contributed by atoms with Crippen LogP contribution in [0.5, 0.6) is 0 Å². The summed E-state index contributed by atoms with van der Waals surface area (Å²) in [6.07, 6.45) is 17.9. The summed E-state index contributed by atoms with van der Waals surface area (Å²) < 4.78 is 0. The van der Waals surface area contributed by atoms with E-state index < -0.39 is 0 Å². The SMILES string of the molecule is CC(C)=CCCC(C)C(=O)CC/C(C)=C/CC/C=C(\C)CCC(=O)C(C)CCC=C(C)C. The smallest absolute Gasteiger partial charge is 0.136 e. The predicted molar refractivity (Wildman–Crippen MR) is 141 cm³/mol. The molecule has 0 aromatic carbocycles. The van der Waals surface area contributed by atoms with Crippen LogP contribution in [0.4, 0.5) is 0 Å². The average Bonchev–Trinajstić information content (AvgIpc) is 2.72. The van der Waals surface area contributed by atoms with Gasteiger partial charge in [0.05, 0.1) is 0 Å². The minimum absolute atomic E-state index is 0.154. The molecule has 0 N–H and O–H groups in total. The van der Waals surface area contributed by atoms with Gasteiger partial charge in [0, 0.05) is 24.7 Å². The first-order valence-electron chi connectivity index (χ1n) is 12.7. The Morgan fingerprint density at radius 3 is 1.19 bits per heavy atom. The van der Waals surface area contributed by atoms with Crippen molar-refractivity contribution in [3.63, 3.8) is 0 Å². The van der Waals surface area contributed by atoms with Gasteiger partial charge in [0.25, 0.3) is 0 Å². The number of rotatable bonds is 17. The van der Waals surface area contributed by atoms with E-state index in [1.807, 2.05) is 0 Å². The first-order chi connectivity index (χ1) is 15.0. The number of ketones is 2. The Morgan fingerprint density at radius 1 is 0.531 bits per heavy atom. The van der Waals surface area contributed by atoms with Crippen molar-refractivity contribution in [1.29, 1.82) is 0 Å². The molecular formula is C30H50O2. The fraction of sp³-hybridized carbons (Fsp3) is 0.667. The summed E-state index contributed by atoms with van der Waals surface area (Å²) >= 11 is 0. The quantitative estimate of drug-likeness (QED) is 0.166. The van der Waals surface area contributed by atoms with Crippen molar-refractivity contribution < 1.29 is 9.59 Å². The largest absolute Gasteiger partial charge is 0.299 e. The third-order valence-electron chi connectivity index (χ3n) is 6.09. The molecule has 32 heavy (non-hydrogen) atoms. The molecule has 0 heterocycles.